The molecular weight excluding hydrogens is 269 g/mol. The van der Waals surface area contributed by atoms with E-state index in [0.717, 1.165) is 43.6 Å². The topological polar surface area (TPSA) is 34.4 Å². The lowest BCUT2D eigenvalue weighted by Crippen LogP contribution is -2.45. The number of benzene rings is 1. The van der Waals surface area contributed by atoms with Crippen LogP contribution < -0.4 is 5.32 Å². The maximum absolute atomic E-state index is 13.8. The first-order valence-corrected chi connectivity index (χ1v) is 7.69. The molecule has 0 saturated carbocycles. The standard InChI is InChI=1S/C17H22FNO2/c1-3-19-16(17(2)9-4-5-10-20-17)14-11-12-7-6-8-13(18)15(12)21-14/h6-8,11,16,19H,3-5,9-10H2,1-2H3. The van der Waals surface area contributed by atoms with Crippen molar-refractivity contribution >= 4 is 11.0 Å². The van der Waals surface area contributed by atoms with Gasteiger partial charge in [0.05, 0.1) is 11.6 Å². The quantitative estimate of drug-likeness (QED) is 0.917. The van der Waals surface area contributed by atoms with E-state index < -0.39 is 0 Å². The first kappa shape index (κ1) is 14.5. The van der Waals surface area contributed by atoms with E-state index in [-0.39, 0.29) is 17.5 Å². The number of halogens is 1. The molecule has 0 aliphatic carbocycles. The van der Waals surface area contributed by atoms with Crippen LogP contribution in [0.15, 0.2) is 28.7 Å². The number of hydrogen-bond acceptors (Lipinski definition) is 3. The molecule has 0 bridgehead atoms. The molecule has 1 aliphatic heterocycles. The fraction of sp³-hybridized carbons (Fsp3) is 0.529. The molecule has 114 valence electrons. The van der Waals surface area contributed by atoms with Crippen molar-refractivity contribution < 1.29 is 13.5 Å². The van der Waals surface area contributed by atoms with Crippen LogP contribution in [0.5, 0.6) is 0 Å². The smallest absolute Gasteiger partial charge is 0.169 e. The molecule has 1 fully saturated rings. The highest BCUT2D eigenvalue weighted by Crippen LogP contribution is 2.38. The molecule has 3 rings (SSSR count). The van der Waals surface area contributed by atoms with Gasteiger partial charge in [0, 0.05) is 12.0 Å². The van der Waals surface area contributed by atoms with E-state index in [2.05, 4.69) is 19.2 Å². The van der Waals surface area contributed by atoms with Crippen molar-refractivity contribution in [1.29, 1.82) is 0 Å². The minimum Gasteiger partial charge on any atom is -0.456 e. The predicted octanol–water partition coefficient (Wildman–Crippen LogP) is 4.18. The molecule has 1 saturated heterocycles. The minimum absolute atomic E-state index is 0.0606. The number of rotatable bonds is 4. The van der Waals surface area contributed by atoms with Crippen molar-refractivity contribution in [3.63, 3.8) is 0 Å². The van der Waals surface area contributed by atoms with Gasteiger partial charge in [0.15, 0.2) is 11.4 Å². The largest absolute Gasteiger partial charge is 0.456 e. The first-order chi connectivity index (χ1) is 10.1. The van der Waals surface area contributed by atoms with E-state index in [9.17, 15) is 4.39 Å². The Morgan fingerprint density at radius 3 is 2.90 bits per heavy atom. The molecule has 2 atom stereocenters. The van der Waals surface area contributed by atoms with Gasteiger partial charge in [0.1, 0.15) is 5.76 Å². The van der Waals surface area contributed by atoms with Crippen LogP contribution in [0.1, 0.15) is 44.9 Å². The van der Waals surface area contributed by atoms with Crippen molar-refractivity contribution in [2.75, 3.05) is 13.2 Å². The summed E-state index contributed by atoms with van der Waals surface area (Å²) in [6, 6.07) is 6.87. The summed E-state index contributed by atoms with van der Waals surface area (Å²) in [7, 11) is 0. The van der Waals surface area contributed by atoms with Gasteiger partial charge >= 0.3 is 0 Å². The van der Waals surface area contributed by atoms with Crippen LogP contribution in [0, 0.1) is 5.82 Å². The molecule has 1 aromatic carbocycles. The summed E-state index contributed by atoms with van der Waals surface area (Å²) in [5, 5.41) is 4.25. The van der Waals surface area contributed by atoms with Crippen molar-refractivity contribution in [1.82, 2.24) is 5.32 Å². The fourth-order valence-corrected chi connectivity index (χ4v) is 3.19. The molecule has 1 N–H and O–H groups in total. The zero-order valence-electron chi connectivity index (χ0n) is 12.6. The Balaban J connectivity index is 2.00. The summed E-state index contributed by atoms with van der Waals surface area (Å²) in [5.74, 6) is 0.435. The number of hydrogen-bond donors (Lipinski definition) is 1. The molecular formula is C17H22FNO2. The van der Waals surface area contributed by atoms with Gasteiger partial charge in [-0.25, -0.2) is 4.39 Å². The Morgan fingerprint density at radius 2 is 2.24 bits per heavy atom. The van der Waals surface area contributed by atoms with Gasteiger partial charge in [-0.2, -0.15) is 0 Å². The lowest BCUT2D eigenvalue weighted by Gasteiger charge is -2.40. The van der Waals surface area contributed by atoms with Crippen molar-refractivity contribution in [2.24, 2.45) is 0 Å². The van der Waals surface area contributed by atoms with Gasteiger partial charge < -0.3 is 14.5 Å². The van der Waals surface area contributed by atoms with E-state index in [1.807, 2.05) is 12.1 Å². The lowest BCUT2D eigenvalue weighted by molar-refractivity contribution is -0.0930. The number of para-hydroxylation sites is 1. The Bertz CT molecular complexity index is 616. The monoisotopic (exact) mass is 291 g/mol. The van der Waals surface area contributed by atoms with Gasteiger partial charge in [-0.3, -0.25) is 0 Å². The average Bonchev–Trinajstić information content (AvgIpc) is 2.90. The normalized spacial score (nSPS) is 24.3. The Morgan fingerprint density at radius 1 is 1.38 bits per heavy atom. The highest BCUT2D eigenvalue weighted by molar-refractivity contribution is 5.78. The third kappa shape index (κ3) is 2.70. The van der Waals surface area contributed by atoms with Gasteiger partial charge in [0.2, 0.25) is 0 Å². The van der Waals surface area contributed by atoms with Crippen LogP contribution in [0.25, 0.3) is 11.0 Å². The van der Waals surface area contributed by atoms with Crippen LogP contribution >= 0.6 is 0 Å². The zero-order chi connectivity index (χ0) is 14.9. The second-order valence-electron chi connectivity index (χ2n) is 5.92. The number of ether oxygens (including phenoxy) is 1. The van der Waals surface area contributed by atoms with Crippen LogP contribution in [0.4, 0.5) is 4.39 Å². The summed E-state index contributed by atoms with van der Waals surface area (Å²) in [4.78, 5) is 0. The van der Waals surface area contributed by atoms with Crippen LogP contribution in [0.2, 0.25) is 0 Å². The molecule has 1 aliphatic rings. The summed E-state index contributed by atoms with van der Waals surface area (Å²) < 4.78 is 25.7. The van der Waals surface area contributed by atoms with Crippen molar-refractivity contribution in [3.8, 4) is 0 Å². The zero-order valence-corrected chi connectivity index (χ0v) is 12.6. The minimum atomic E-state index is -0.316. The first-order valence-electron chi connectivity index (χ1n) is 7.69. The molecule has 0 amide bonds. The van der Waals surface area contributed by atoms with Gasteiger partial charge in [-0.15, -0.1) is 0 Å². The number of furan rings is 1. The fourth-order valence-electron chi connectivity index (χ4n) is 3.19. The van der Waals surface area contributed by atoms with Crippen LogP contribution in [0.3, 0.4) is 0 Å². The summed E-state index contributed by atoms with van der Waals surface area (Å²) in [6.45, 7) is 5.75. The van der Waals surface area contributed by atoms with Crippen LogP contribution in [-0.2, 0) is 4.74 Å². The lowest BCUT2D eigenvalue weighted by atomic mass is 9.86. The second kappa shape index (κ2) is 5.78. The third-order valence-corrected chi connectivity index (χ3v) is 4.32. The molecule has 2 unspecified atom stereocenters. The number of fused-ring (bicyclic) bond motifs is 1. The highest BCUT2D eigenvalue weighted by Gasteiger charge is 2.39. The molecule has 1 aromatic heterocycles. The van der Waals surface area contributed by atoms with E-state index in [0.29, 0.717) is 5.58 Å². The van der Waals surface area contributed by atoms with Crippen molar-refractivity contribution in [2.45, 2.75) is 44.8 Å². The molecule has 4 heteroatoms. The third-order valence-electron chi connectivity index (χ3n) is 4.32. The second-order valence-corrected chi connectivity index (χ2v) is 5.92. The number of nitrogens with one attached hydrogen (secondary N) is 1. The molecule has 0 spiro atoms. The van der Waals surface area contributed by atoms with Crippen LogP contribution in [-0.4, -0.2) is 18.8 Å². The summed E-state index contributed by atoms with van der Waals surface area (Å²) in [5.41, 5.74) is 0.0216. The van der Waals surface area contributed by atoms with E-state index in [1.54, 1.807) is 6.07 Å². The average molecular weight is 291 g/mol. The molecule has 2 heterocycles. The molecule has 21 heavy (non-hydrogen) atoms. The Hall–Kier alpha value is -1.39. The molecule has 0 radical (unpaired) electrons. The summed E-state index contributed by atoms with van der Waals surface area (Å²) in [6.07, 6.45) is 3.22. The van der Waals surface area contributed by atoms with Crippen molar-refractivity contribution in [3.05, 3.63) is 35.8 Å². The predicted molar refractivity (Wildman–Crippen MR) is 80.8 cm³/mol. The van der Waals surface area contributed by atoms with E-state index in [1.165, 1.54) is 6.07 Å². The summed E-state index contributed by atoms with van der Waals surface area (Å²) >= 11 is 0. The van der Waals surface area contributed by atoms with Gasteiger partial charge in [-0.05, 0) is 44.9 Å². The molecule has 2 aromatic rings. The highest BCUT2D eigenvalue weighted by atomic mass is 19.1. The molecule has 3 nitrogen and oxygen atoms in total. The van der Waals surface area contributed by atoms with Gasteiger partial charge in [-0.1, -0.05) is 19.1 Å². The van der Waals surface area contributed by atoms with E-state index >= 15 is 0 Å². The maximum Gasteiger partial charge on any atom is 0.169 e. The number of likely N-dealkylation sites (N-methyl/N-ethyl adjacent to an activating group) is 1. The Labute approximate surface area is 124 Å². The van der Waals surface area contributed by atoms with Gasteiger partial charge in [0.25, 0.3) is 0 Å². The van der Waals surface area contributed by atoms with E-state index in [4.69, 9.17) is 9.15 Å². The SMILES string of the molecule is CCNC(c1cc2cccc(F)c2o1)C1(C)CCCCO1. The maximum atomic E-state index is 13.8. The Kier molecular flexibility index (Phi) is 4.00.